The summed E-state index contributed by atoms with van der Waals surface area (Å²) >= 11 is 0. The topological polar surface area (TPSA) is 48.7 Å². The highest BCUT2D eigenvalue weighted by atomic mass is 15.1. The van der Waals surface area contributed by atoms with Crippen LogP contribution in [0.2, 0.25) is 0 Å². The SMILES string of the molecule is CCC.CCCN(CC)c1cccc(-c2cnc3c(NC)nccn23)c1.CN(C)C. The van der Waals surface area contributed by atoms with E-state index in [9.17, 15) is 0 Å². The van der Waals surface area contributed by atoms with Gasteiger partial charge in [0.15, 0.2) is 11.5 Å². The number of nitrogens with zero attached hydrogens (tertiary/aromatic N) is 5. The zero-order chi connectivity index (χ0) is 22.5. The summed E-state index contributed by atoms with van der Waals surface area (Å²) in [6.45, 7) is 10.7. The normalized spacial score (nSPS) is 10.2. The van der Waals surface area contributed by atoms with Crippen molar-refractivity contribution in [3.05, 3.63) is 42.9 Å². The van der Waals surface area contributed by atoms with Gasteiger partial charge < -0.3 is 15.1 Å². The van der Waals surface area contributed by atoms with Gasteiger partial charge in [-0.1, -0.05) is 39.3 Å². The first kappa shape index (κ1) is 25.4. The average Bonchev–Trinajstić information content (AvgIpc) is 3.16. The highest BCUT2D eigenvalue weighted by molar-refractivity contribution is 5.72. The van der Waals surface area contributed by atoms with Crippen molar-refractivity contribution >= 4 is 17.2 Å². The summed E-state index contributed by atoms with van der Waals surface area (Å²) in [4.78, 5) is 13.2. The van der Waals surface area contributed by atoms with Gasteiger partial charge in [-0.05, 0) is 46.6 Å². The molecule has 0 unspecified atom stereocenters. The number of nitrogens with one attached hydrogen (secondary N) is 1. The Bertz CT molecular complexity index is 853. The van der Waals surface area contributed by atoms with Crippen LogP contribution in [-0.2, 0) is 0 Å². The predicted molar refractivity (Wildman–Crippen MR) is 132 cm³/mol. The Balaban J connectivity index is 0.000000564. The van der Waals surface area contributed by atoms with Crippen molar-refractivity contribution in [2.75, 3.05) is 51.5 Å². The third-order valence-corrected chi connectivity index (χ3v) is 4.05. The zero-order valence-electron chi connectivity index (χ0n) is 20.1. The molecule has 0 atom stereocenters. The van der Waals surface area contributed by atoms with Crippen molar-refractivity contribution in [3.8, 4) is 11.3 Å². The van der Waals surface area contributed by atoms with Crippen molar-refractivity contribution < 1.29 is 0 Å². The lowest BCUT2D eigenvalue weighted by Crippen LogP contribution is -2.23. The molecule has 0 aliphatic carbocycles. The first-order valence-electron chi connectivity index (χ1n) is 10.9. The summed E-state index contributed by atoms with van der Waals surface area (Å²) < 4.78 is 2.08. The maximum Gasteiger partial charge on any atom is 0.180 e. The first-order valence-corrected chi connectivity index (χ1v) is 10.9. The second-order valence-electron chi connectivity index (χ2n) is 7.54. The van der Waals surface area contributed by atoms with Crippen LogP contribution in [0.3, 0.4) is 0 Å². The largest absolute Gasteiger partial charge is 0.372 e. The smallest absolute Gasteiger partial charge is 0.180 e. The fourth-order valence-corrected chi connectivity index (χ4v) is 2.91. The van der Waals surface area contributed by atoms with E-state index >= 15 is 0 Å². The quantitative estimate of drug-likeness (QED) is 0.598. The van der Waals surface area contributed by atoms with E-state index in [1.165, 1.54) is 12.1 Å². The van der Waals surface area contributed by atoms with Crippen LogP contribution in [0.1, 0.15) is 40.5 Å². The van der Waals surface area contributed by atoms with E-state index in [0.717, 1.165) is 42.2 Å². The van der Waals surface area contributed by atoms with E-state index in [4.69, 9.17) is 0 Å². The van der Waals surface area contributed by atoms with E-state index in [1.54, 1.807) is 6.20 Å². The van der Waals surface area contributed by atoms with Gasteiger partial charge in [0.2, 0.25) is 0 Å². The number of benzene rings is 1. The molecule has 6 nitrogen and oxygen atoms in total. The molecular formula is C24H40N6. The van der Waals surface area contributed by atoms with Crippen LogP contribution in [-0.4, -0.2) is 60.5 Å². The van der Waals surface area contributed by atoms with Crippen LogP contribution in [0.5, 0.6) is 0 Å². The number of aromatic nitrogens is 3. The van der Waals surface area contributed by atoms with Crippen LogP contribution in [0.25, 0.3) is 16.9 Å². The Morgan fingerprint density at radius 1 is 1.03 bits per heavy atom. The molecule has 166 valence electrons. The van der Waals surface area contributed by atoms with Crippen LogP contribution in [0.15, 0.2) is 42.9 Å². The number of imidazole rings is 1. The summed E-state index contributed by atoms with van der Waals surface area (Å²) in [6, 6.07) is 8.66. The van der Waals surface area contributed by atoms with E-state index in [1.807, 2.05) is 45.5 Å². The van der Waals surface area contributed by atoms with Crippen LogP contribution in [0.4, 0.5) is 11.5 Å². The van der Waals surface area contributed by atoms with Crippen LogP contribution in [0, 0.1) is 0 Å². The third-order valence-electron chi connectivity index (χ3n) is 4.05. The summed E-state index contributed by atoms with van der Waals surface area (Å²) in [5.74, 6) is 0.788. The van der Waals surface area contributed by atoms with Crippen molar-refractivity contribution in [1.29, 1.82) is 0 Å². The van der Waals surface area contributed by atoms with E-state index < -0.39 is 0 Å². The molecule has 0 fully saturated rings. The van der Waals surface area contributed by atoms with Gasteiger partial charge in [0.25, 0.3) is 0 Å². The van der Waals surface area contributed by atoms with Gasteiger partial charge in [0.05, 0.1) is 11.9 Å². The molecule has 3 aromatic rings. The van der Waals surface area contributed by atoms with E-state index in [0.29, 0.717) is 0 Å². The highest BCUT2D eigenvalue weighted by Gasteiger charge is 2.11. The highest BCUT2D eigenvalue weighted by Crippen LogP contribution is 2.27. The fourth-order valence-electron chi connectivity index (χ4n) is 2.91. The molecule has 0 aliphatic heterocycles. The summed E-state index contributed by atoms with van der Waals surface area (Å²) in [7, 11) is 7.86. The van der Waals surface area contributed by atoms with E-state index in [2.05, 4.69) is 76.5 Å². The first-order chi connectivity index (χ1) is 14.4. The molecule has 0 amide bonds. The lowest BCUT2D eigenvalue weighted by Gasteiger charge is -2.23. The zero-order valence-corrected chi connectivity index (χ0v) is 20.1. The van der Waals surface area contributed by atoms with E-state index in [-0.39, 0.29) is 0 Å². The van der Waals surface area contributed by atoms with Gasteiger partial charge in [-0.15, -0.1) is 0 Å². The molecule has 0 saturated carbocycles. The number of rotatable bonds is 6. The Hall–Kier alpha value is -2.60. The van der Waals surface area contributed by atoms with Crippen LogP contribution < -0.4 is 10.2 Å². The van der Waals surface area contributed by atoms with Gasteiger partial charge >= 0.3 is 0 Å². The molecule has 0 bridgehead atoms. The number of anilines is 2. The number of hydrogen-bond acceptors (Lipinski definition) is 5. The maximum atomic E-state index is 4.52. The minimum absolute atomic E-state index is 0.788. The van der Waals surface area contributed by atoms with Crippen molar-refractivity contribution in [2.24, 2.45) is 0 Å². The molecule has 1 aromatic carbocycles. The minimum atomic E-state index is 0.788. The summed E-state index contributed by atoms with van der Waals surface area (Å²) in [5.41, 5.74) is 4.34. The standard InChI is InChI=1S/C18H23N5.C3H9N.C3H8/c1-4-10-22(5-2)15-8-6-7-14(12-15)16-13-21-18-17(19-3)20-9-11-23(16)18;1-4(2)3;1-3-2/h6-9,11-13H,4-5,10H2,1-3H3,(H,19,20);1-3H3;3H2,1-2H3. The molecule has 0 radical (unpaired) electrons. The predicted octanol–water partition coefficient (Wildman–Crippen LogP) is 5.27. The molecule has 0 saturated heterocycles. The van der Waals surface area contributed by atoms with Crippen molar-refractivity contribution in [2.45, 2.75) is 40.5 Å². The average molecular weight is 413 g/mol. The number of hydrogen-bond donors (Lipinski definition) is 1. The van der Waals surface area contributed by atoms with Crippen molar-refractivity contribution in [1.82, 2.24) is 19.3 Å². The molecule has 2 aromatic heterocycles. The molecule has 0 aliphatic rings. The second kappa shape index (κ2) is 13.6. The monoisotopic (exact) mass is 412 g/mol. The molecule has 30 heavy (non-hydrogen) atoms. The Labute approximate surface area is 183 Å². The minimum Gasteiger partial charge on any atom is -0.372 e. The molecule has 2 heterocycles. The lowest BCUT2D eigenvalue weighted by atomic mass is 10.1. The molecule has 0 spiro atoms. The van der Waals surface area contributed by atoms with Gasteiger partial charge in [0, 0.05) is 43.8 Å². The van der Waals surface area contributed by atoms with Gasteiger partial charge in [-0.2, -0.15) is 0 Å². The molecular weight excluding hydrogens is 372 g/mol. The van der Waals surface area contributed by atoms with Crippen molar-refractivity contribution in [3.63, 3.8) is 0 Å². The van der Waals surface area contributed by atoms with Gasteiger partial charge in [-0.3, -0.25) is 4.40 Å². The Morgan fingerprint density at radius 3 is 2.27 bits per heavy atom. The molecule has 6 heteroatoms. The second-order valence-corrected chi connectivity index (χ2v) is 7.54. The summed E-state index contributed by atoms with van der Waals surface area (Å²) in [5, 5.41) is 3.09. The Kier molecular flexibility index (Phi) is 11.5. The van der Waals surface area contributed by atoms with Gasteiger partial charge in [0.1, 0.15) is 0 Å². The number of fused-ring (bicyclic) bond motifs is 1. The maximum absolute atomic E-state index is 4.52. The third kappa shape index (κ3) is 7.34. The molecule has 3 rings (SSSR count). The fraction of sp³-hybridized carbons (Fsp3) is 0.500. The lowest BCUT2D eigenvalue weighted by molar-refractivity contribution is 0.505. The molecule has 1 N–H and O–H groups in total. The van der Waals surface area contributed by atoms with Crippen LogP contribution >= 0.6 is 0 Å². The summed E-state index contributed by atoms with van der Waals surface area (Å²) in [6.07, 6.45) is 8.05. The Morgan fingerprint density at radius 2 is 1.70 bits per heavy atom. The van der Waals surface area contributed by atoms with Gasteiger partial charge in [-0.25, -0.2) is 9.97 Å².